The van der Waals surface area contributed by atoms with Crippen molar-refractivity contribution < 1.29 is 47.7 Å². The van der Waals surface area contributed by atoms with Crippen molar-refractivity contribution in [2.45, 2.75) is 13.8 Å². The van der Waals surface area contributed by atoms with E-state index in [1.54, 1.807) is 132 Å². The molecule has 5 amide bonds. The highest BCUT2D eigenvalue weighted by molar-refractivity contribution is 6.06. The van der Waals surface area contributed by atoms with Crippen LogP contribution in [0, 0.1) is 13.8 Å². The van der Waals surface area contributed by atoms with Gasteiger partial charge in [0.15, 0.2) is 0 Å². The average molecular weight is 1720 g/mol. The lowest BCUT2D eigenvalue weighted by molar-refractivity contribution is 0.101. The zero-order chi connectivity index (χ0) is 90.4. The summed E-state index contributed by atoms with van der Waals surface area (Å²) in [5.41, 5.74) is 8.64. The number of para-hydroxylation sites is 5. The molecule has 15 rings (SSSR count). The van der Waals surface area contributed by atoms with Crippen LogP contribution in [0.2, 0.25) is 0 Å². The molecular formula is C90H88N28O10. The van der Waals surface area contributed by atoms with Gasteiger partial charge in [0.05, 0.1) is 35.5 Å². The van der Waals surface area contributed by atoms with Gasteiger partial charge in [-0.15, -0.1) is 0 Å². The molecule has 648 valence electrons. The largest absolute Gasteiger partial charge is 0.497 e. The molecule has 5 heterocycles. The highest BCUT2D eigenvalue weighted by Gasteiger charge is 2.19. The van der Waals surface area contributed by atoms with Gasteiger partial charge in [-0.05, 0) is 159 Å². The SMILES string of the molecule is CNc1nc(NC(=O)c2ccc(C)cc2)nc(Nc2ccccc2)n1.CNc1nc(NC(=O)c2ccc(OC)cc2)nc(Nc2ccccc2)n1.CNc1nc(NC(=O)c2cccc(OC)c2)nc(Nc2ccccc2)n1.COc1cccc(C(=O)Nc2nc(Nc3ccccc3)nc(OC)n2)c1.COc1nc(NC(=O)c2ccc(C)cc2)nc(Nc2ccccc2)n1. The highest BCUT2D eigenvalue weighted by atomic mass is 16.5. The van der Waals surface area contributed by atoms with Crippen molar-refractivity contribution in [1.29, 1.82) is 0 Å². The molecule has 15 aromatic rings. The molecule has 0 fully saturated rings. The van der Waals surface area contributed by atoms with Crippen LogP contribution in [0.15, 0.2) is 273 Å². The minimum absolute atomic E-state index is 0.0723. The number of nitrogens with one attached hydrogen (secondary N) is 13. The molecule has 0 aliphatic heterocycles. The van der Waals surface area contributed by atoms with Crippen molar-refractivity contribution in [3.05, 3.63) is 312 Å². The number of carbonyl (C=O) groups excluding carboxylic acids is 5. The summed E-state index contributed by atoms with van der Waals surface area (Å²) < 4.78 is 25.5. The molecule has 13 N–H and O–H groups in total. The van der Waals surface area contributed by atoms with Crippen molar-refractivity contribution in [2.75, 3.05) is 126 Å². The van der Waals surface area contributed by atoms with Gasteiger partial charge in [-0.3, -0.25) is 50.6 Å². The summed E-state index contributed by atoms with van der Waals surface area (Å²) in [4.78, 5) is 125. The molecule has 0 bridgehead atoms. The number of ether oxygens (including phenoxy) is 5. The summed E-state index contributed by atoms with van der Waals surface area (Å²) >= 11 is 0. The summed E-state index contributed by atoms with van der Waals surface area (Å²) in [5, 5.41) is 37.2. The van der Waals surface area contributed by atoms with Crippen LogP contribution >= 0.6 is 0 Å². The van der Waals surface area contributed by atoms with Gasteiger partial charge < -0.3 is 66.2 Å². The van der Waals surface area contributed by atoms with Gasteiger partial charge in [0.2, 0.25) is 77.3 Å². The maximum Gasteiger partial charge on any atom is 0.322 e. The molecule has 0 aliphatic carbocycles. The van der Waals surface area contributed by atoms with Crippen molar-refractivity contribution in [3.8, 4) is 29.3 Å². The second kappa shape index (κ2) is 46.7. The Balaban J connectivity index is 0.000000155. The summed E-state index contributed by atoms with van der Waals surface area (Å²) in [6.45, 7) is 3.93. The molecule has 0 radical (unpaired) electrons. The van der Waals surface area contributed by atoms with E-state index in [-0.39, 0.29) is 83.2 Å². The maximum atomic E-state index is 12.4. The van der Waals surface area contributed by atoms with Gasteiger partial charge in [0.25, 0.3) is 29.5 Å². The number of hydrogen-bond donors (Lipinski definition) is 13. The maximum absolute atomic E-state index is 12.4. The second-order valence-corrected chi connectivity index (χ2v) is 26.3. The third-order valence-corrected chi connectivity index (χ3v) is 17.1. The van der Waals surface area contributed by atoms with E-state index in [0.717, 1.165) is 39.6 Å². The molecule has 10 aromatic carbocycles. The standard InChI is InChI=1S/2C18H18N6O2.C18H18N6O.C18H17N5O3.C18H17N5O2/c1-19-16-22-17(20-13-8-4-3-5-9-13)24-18(23-16)21-15(25)12-7-6-10-14(11-12)26-2;1-19-16-22-17(20-13-6-4-3-5-7-13)24-18(23-16)21-15(25)12-8-10-14(26-2)11-9-12;1-12-8-10-13(11-9-12)15(25)21-18-23-16(19-2)22-17(24-18)20-14-6-4-3-5-7-14;1-25-14-10-6-7-12(11-14)15(24)20-17-21-16(22-18(23-17)26-2)19-13-8-4-3-5-9-13;1-12-8-10-13(11-9-12)15(24)20-17-21-16(22-18(23-17)25-2)19-14-6-4-3-5-7-14/h2*3-11H,1-2H3,(H3,19,20,21,22,23,24,25);3-11H,1-2H3,(H3,19,20,21,22,23,24,25);3-11H,1-2H3,(H2,19,20,21,22,23,24);3-11H,1-2H3,(H2,19,20,21,22,23,24). The summed E-state index contributed by atoms with van der Waals surface area (Å²) in [7, 11) is 12.6. The lowest BCUT2D eigenvalue weighted by atomic mass is 10.1. The Kier molecular flexibility index (Phi) is 33.1. The number of carbonyl (C=O) groups is 5. The van der Waals surface area contributed by atoms with E-state index >= 15 is 0 Å². The van der Waals surface area contributed by atoms with Crippen molar-refractivity contribution in [3.63, 3.8) is 0 Å². The van der Waals surface area contributed by atoms with Crippen LogP contribution in [-0.4, -0.2) is 161 Å². The van der Waals surface area contributed by atoms with Crippen LogP contribution in [0.5, 0.6) is 29.3 Å². The number of methoxy groups -OCH3 is 5. The minimum atomic E-state index is -0.372. The molecule has 0 unspecified atom stereocenters. The third kappa shape index (κ3) is 28.6. The molecule has 38 heteroatoms. The van der Waals surface area contributed by atoms with Gasteiger partial charge in [-0.1, -0.05) is 139 Å². The fraction of sp³-hybridized carbons (Fsp3) is 0.111. The molecular weight excluding hydrogens is 1630 g/mol. The normalized spacial score (nSPS) is 10.1. The average Bonchev–Trinajstić information content (AvgIpc) is 0.861. The van der Waals surface area contributed by atoms with Gasteiger partial charge in [-0.2, -0.15) is 74.8 Å². The number of benzene rings is 10. The van der Waals surface area contributed by atoms with Crippen molar-refractivity contribution in [2.24, 2.45) is 0 Å². The van der Waals surface area contributed by atoms with Crippen LogP contribution in [0.25, 0.3) is 0 Å². The number of anilines is 18. The van der Waals surface area contributed by atoms with E-state index in [0.29, 0.717) is 80.8 Å². The fourth-order valence-electron chi connectivity index (χ4n) is 10.7. The molecule has 38 nitrogen and oxygen atoms in total. The van der Waals surface area contributed by atoms with Gasteiger partial charge in [0, 0.05) is 77.4 Å². The van der Waals surface area contributed by atoms with Gasteiger partial charge in [-0.25, -0.2) is 0 Å². The van der Waals surface area contributed by atoms with Crippen LogP contribution in [0.1, 0.15) is 62.9 Å². The Bertz CT molecular complexity index is 5860. The van der Waals surface area contributed by atoms with E-state index in [1.165, 1.54) is 21.3 Å². The van der Waals surface area contributed by atoms with Crippen LogP contribution in [-0.2, 0) is 0 Å². The van der Waals surface area contributed by atoms with E-state index in [9.17, 15) is 24.0 Å². The summed E-state index contributed by atoms with van der Waals surface area (Å²) in [6, 6.07) is 82.3. The van der Waals surface area contributed by atoms with Crippen LogP contribution in [0.4, 0.5) is 106 Å². The Morgan fingerprint density at radius 3 is 0.680 bits per heavy atom. The topological polar surface area (TPSA) is 481 Å². The predicted molar refractivity (Wildman–Crippen MR) is 491 cm³/mol. The zero-order valence-electron chi connectivity index (χ0n) is 70.8. The van der Waals surface area contributed by atoms with Gasteiger partial charge in [0.1, 0.15) is 17.2 Å². The van der Waals surface area contributed by atoms with Crippen LogP contribution < -0.4 is 92.8 Å². The molecule has 0 atom stereocenters. The fourth-order valence-corrected chi connectivity index (χ4v) is 10.7. The zero-order valence-corrected chi connectivity index (χ0v) is 70.8. The number of nitrogens with zero attached hydrogens (tertiary/aromatic N) is 15. The number of amides is 5. The molecule has 0 aliphatic rings. The Morgan fingerprint density at radius 2 is 0.430 bits per heavy atom. The molecule has 0 saturated heterocycles. The van der Waals surface area contributed by atoms with E-state index in [1.807, 2.05) is 190 Å². The number of hydrogen-bond acceptors (Lipinski definition) is 33. The first-order valence-corrected chi connectivity index (χ1v) is 39.0. The quantitative estimate of drug-likeness (QED) is 0.0217. The van der Waals surface area contributed by atoms with Crippen molar-refractivity contribution >= 4 is 135 Å². The van der Waals surface area contributed by atoms with Crippen molar-refractivity contribution in [1.82, 2.24) is 74.8 Å². The first kappa shape index (κ1) is 90.8. The smallest absolute Gasteiger partial charge is 0.322 e. The van der Waals surface area contributed by atoms with E-state index < -0.39 is 0 Å². The third-order valence-electron chi connectivity index (χ3n) is 17.1. The lowest BCUT2D eigenvalue weighted by Gasteiger charge is -2.10. The Labute approximate surface area is 735 Å². The number of aromatic nitrogens is 15. The summed E-state index contributed by atoms with van der Waals surface area (Å²) in [5.74, 6) is 3.37. The predicted octanol–water partition coefficient (Wildman–Crippen LogP) is 15.1. The number of rotatable bonds is 28. The minimum Gasteiger partial charge on any atom is -0.497 e. The monoisotopic (exact) mass is 1720 g/mol. The molecule has 5 aromatic heterocycles. The highest BCUT2D eigenvalue weighted by Crippen LogP contribution is 2.25. The number of aryl methyl sites for hydroxylation is 2. The lowest BCUT2D eigenvalue weighted by Crippen LogP contribution is -2.16. The Morgan fingerprint density at radius 1 is 0.211 bits per heavy atom. The first-order chi connectivity index (χ1) is 62.3. The molecule has 128 heavy (non-hydrogen) atoms. The summed E-state index contributed by atoms with van der Waals surface area (Å²) in [6.07, 6.45) is 0. The van der Waals surface area contributed by atoms with E-state index in [2.05, 4.69) is 144 Å². The second-order valence-electron chi connectivity index (χ2n) is 26.3. The molecule has 0 spiro atoms. The first-order valence-electron chi connectivity index (χ1n) is 39.0. The van der Waals surface area contributed by atoms with Gasteiger partial charge >= 0.3 is 12.0 Å². The van der Waals surface area contributed by atoms with E-state index in [4.69, 9.17) is 23.7 Å². The van der Waals surface area contributed by atoms with Crippen LogP contribution in [0.3, 0.4) is 0 Å². The molecule has 0 saturated carbocycles. The Hall–Kier alpha value is -18.0.